The van der Waals surface area contributed by atoms with Gasteiger partial charge in [-0.3, -0.25) is 0 Å². The molecule has 4 rings (SSSR count). The van der Waals surface area contributed by atoms with E-state index in [1.807, 2.05) is 24.3 Å². The van der Waals surface area contributed by atoms with Gasteiger partial charge in [0, 0.05) is 13.1 Å². The van der Waals surface area contributed by atoms with E-state index < -0.39 is 0 Å². The van der Waals surface area contributed by atoms with E-state index in [-0.39, 0.29) is 6.10 Å². The van der Waals surface area contributed by atoms with Crippen LogP contribution in [0, 0.1) is 0 Å². The first-order valence-corrected chi connectivity index (χ1v) is 8.72. The van der Waals surface area contributed by atoms with Crippen molar-refractivity contribution in [3.8, 4) is 17.2 Å². The predicted molar refractivity (Wildman–Crippen MR) is 93.2 cm³/mol. The first-order valence-electron chi connectivity index (χ1n) is 8.72. The van der Waals surface area contributed by atoms with Gasteiger partial charge in [0.2, 0.25) is 0 Å². The van der Waals surface area contributed by atoms with Crippen LogP contribution in [0.15, 0.2) is 42.5 Å². The summed E-state index contributed by atoms with van der Waals surface area (Å²) >= 11 is 0. The van der Waals surface area contributed by atoms with Crippen molar-refractivity contribution in [2.24, 2.45) is 0 Å². The van der Waals surface area contributed by atoms with Gasteiger partial charge in [-0.15, -0.1) is 0 Å². The van der Waals surface area contributed by atoms with E-state index >= 15 is 0 Å². The molecule has 0 spiro atoms. The molecule has 2 aliphatic rings. The summed E-state index contributed by atoms with van der Waals surface area (Å²) in [6, 6.07) is 14.3. The first-order chi connectivity index (χ1) is 11.9. The number of rotatable bonds is 6. The topological polar surface area (TPSA) is 39.7 Å². The normalized spacial score (nSPS) is 18.2. The molecule has 1 heterocycles. The molecule has 1 unspecified atom stereocenters. The van der Waals surface area contributed by atoms with E-state index in [9.17, 15) is 0 Å². The first kappa shape index (κ1) is 15.3. The van der Waals surface area contributed by atoms with Crippen molar-refractivity contribution in [2.75, 3.05) is 26.3 Å². The van der Waals surface area contributed by atoms with E-state index in [1.165, 1.54) is 30.4 Å². The average molecular weight is 325 g/mol. The third-order valence-electron chi connectivity index (χ3n) is 4.56. The van der Waals surface area contributed by atoms with Gasteiger partial charge < -0.3 is 19.5 Å². The molecule has 1 atom stereocenters. The lowest BCUT2D eigenvalue weighted by Crippen LogP contribution is -2.39. The Morgan fingerprint density at radius 1 is 1.04 bits per heavy atom. The van der Waals surface area contributed by atoms with Gasteiger partial charge in [-0.05, 0) is 54.7 Å². The maximum Gasteiger partial charge on any atom is 0.161 e. The van der Waals surface area contributed by atoms with Gasteiger partial charge >= 0.3 is 0 Å². The second-order valence-electron chi connectivity index (χ2n) is 6.33. The van der Waals surface area contributed by atoms with E-state index in [0.717, 1.165) is 30.3 Å². The highest BCUT2D eigenvalue weighted by Gasteiger charge is 2.19. The lowest BCUT2D eigenvalue weighted by Gasteiger charge is -2.26. The highest BCUT2D eigenvalue weighted by atomic mass is 16.6. The number of aryl methyl sites for hydroxylation is 2. The summed E-state index contributed by atoms with van der Waals surface area (Å²) in [7, 11) is 0. The molecule has 0 radical (unpaired) electrons. The molecule has 4 nitrogen and oxygen atoms in total. The van der Waals surface area contributed by atoms with Crippen LogP contribution < -0.4 is 19.5 Å². The Morgan fingerprint density at radius 2 is 1.92 bits per heavy atom. The Bertz CT molecular complexity index is 701. The van der Waals surface area contributed by atoms with Crippen LogP contribution in [-0.4, -0.2) is 32.4 Å². The quantitative estimate of drug-likeness (QED) is 0.829. The maximum atomic E-state index is 5.92. The summed E-state index contributed by atoms with van der Waals surface area (Å²) in [4.78, 5) is 0. The third-order valence-corrected chi connectivity index (χ3v) is 4.56. The summed E-state index contributed by atoms with van der Waals surface area (Å²) < 4.78 is 17.5. The van der Waals surface area contributed by atoms with Crippen molar-refractivity contribution in [1.29, 1.82) is 0 Å². The molecule has 2 aromatic carbocycles. The van der Waals surface area contributed by atoms with Crippen LogP contribution in [0.3, 0.4) is 0 Å². The van der Waals surface area contributed by atoms with Crippen LogP contribution in [0.25, 0.3) is 0 Å². The molecule has 126 valence electrons. The fourth-order valence-corrected chi connectivity index (χ4v) is 3.31. The zero-order valence-electron chi connectivity index (χ0n) is 13.8. The zero-order chi connectivity index (χ0) is 16.2. The SMILES string of the molecule is c1ccc2c(c1)OCC(CNCCOc1ccc3c(c1)CCC3)O2. The number of fused-ring (bicyclic) bond motifs is 2. The molecular formula is C20H23NO3. The molecule has 4 heteroatoms. The van der Waals surface area contributed by atoms with E-state index in [0.29, 0.717) is 13.2 Å². The number of para-hydroxylation sites is 2. The van der Waals surface area contributed by atoms with Crippen molar-refractivity contribution in [2.45, 2.75) is 25.4 Å². The minimum Gasteiger partial charge on any atom is -0.492 e. The number of hydrogen-bond donors (Lipinski definition) is 1. The second kappa shape index (κ2) is 7.14. The molecule has 1 N–H and O–H groups in total. The summed E-state index contributed by atoms with van der Waals surface area (Å²) in [6.45, 7) is 2.78. The molecule has 0 saturated carbocycles. The predicted octanol–water partition coefficient (Wildman–Crippen LogP) is 2.98. The van der Waals surface area contributed by atoms with E-state index in [1.54, 1.807) is 0 Å². The molecule has 24 heavy (non-hydrogen) atoms. The zero-order valence-corrected chi connectivity index (χ0v) is 13.8. The smallest absolute Gasteiger partial charge is 0.161 e. The van der Waals surface area contributed by atoms with Crippen molar-refractivity contribution < 1.29 is 14.2 Å². The lowest BCUT2D eigenvalue weighted by molar-refractivity contribution is 0.0897. The van der Waals surface area contributed by atoms with Crippen LogP contribution in [0.5, 0.6) is 17.2 Å². The highest BCUT2D eigenvalue weighted by molar-refractivity contribution is 5.40. The standard InChI is InChI=1S/C20H23NO3/c1-2-7-20-19(6-1)23-14-18(24-20)13-21-10-11-22-17-9-8-15-4-3-5-16(15)12-17/h1-2,6-9,12,18,21H,3-5,10-11,13-14H2. The molecule has 0 fully saturated rings. The maximum absolute atomic E-state index is 5.92. The van der Waals surface area contributed by atoms with Gasteiger partial charge in [0.25, 0.3) is 0 Å². The monoisotopic (exact) mass is 325 g/mol. The molecule has 0 amide bonds. The van der Waals surface area contributed by atoms with Crippen molar-refractivity contribution in [1.82, 2.24) is 5.32 Å². The van der Waals surface area contributed by atoms with Gasteiger partial charge in [0.15, 0.2) is 11.5 Å². The number of hydrogen-bond acceptors (Lipinski definition) is 4. The molecular weight excluding hydrogens is 302 g/mol. The Morgan fingerprint density at radius 3 is 2.88 bits per heavy atom. The van der Waals surface area contributed by atoms with Crippen LogP contribution in [0.4, 0.5) is 0 Å². The fraction of sp³-hybridized carbons (Fsp3) is 0.400. The minimum atomic E-state index is 0.0416. The summed E-state index contributed by atoms with van der Waals surface area (Å²) in [6.07, 6.45) is 3.71. The average Bonchev–Trinajstić information content (AvgIpc) is 3.09. The van der Waals surface area contributed by atoms with Gasteiger partial charge in [0.1, 0.15) is 25.1 Å². The summed E-state index contributed by atoms with van der Waals surface area (Å²) in [5.74, 6) is 2.63. The summed E-state index contributed by atoms with van der Waals surface area (Å²) in [5, 5.41) is 3.38. The number of nitrogens with one attached hydrogen (secondary N) is 1. The molecule has 0 bridgehead atoms. The molecule has 0 saturated heterocycles. The number of benzene rings is 2. The van der Waals surface area contributed by atoms with Crippen LogP contribution >= 0.6 is 0 Å². The van der Waals surface area contributed by atoms with Crippen molar-refractivity contribution in [3.63, 3.8) is 0 Å². The minimum absolute atomic E-state index is 0.0416. The van der Waals surface area contributed by atoms with Gasteiger partial charge in [-0.2, -0.15) is 0 Å². The van der Waals surface area contributed by atoms with Crippen molar-refractivity contribution >= 4 is 0 Å². The Kier molecular flexibility index (Phi) is 4.56. The van der Waals surface area contributed by atoms with E-state index in [2.05, 4.69) is 23.5 Å². The third kappa shape index (κ3) is 3.49. The van der Waals surface area contributed by atoms with Crippen molar-refractivity contribution in [3.05, 3.63) is 53.6 Å². The molecule has 0 aromatic heterocycles. The van der Waals surface area contributed by atoms with Gasteiger partial charge in [0.05, 0.1) is 0 Å². The Labute approximate surface area is 142 Å². The number of ether oxygens (including phenoxy) is 3. The Hall–Kier alpha value is -2.20. The van der Waals surface area contributed by atoms with Crippen LogP contribution in [0.2, 0.25) is 0 Å². The lowest BCUT2D eigenvalue weighted by atomic mass is 10.1. The largest absolute Gasteiger partial charge is 0.492 e. The molecule has 2 aromatic rings. The van der Waals surface area contributed by atoms with Crippen LogP contribution in [0.1, 0.15) is 17.5 Å². The highest BCUT2D eigenvalue weighted by Crippen LogP contribution is 2.30. The van der Waals surface area contributed by atoms with Crippen LogP contribution in [-0.2, 0) is 12.8 Å². The second-order valence-corrected chi connectivity index (χ2v) is 6.33. The molecule has 1 aliphatic carbocycles. The molecule has 1 aliphatic heterocycles. The van der Waals surface area contributed by atoms with Gasteiger partial charge in [-0.1, -0.05) is 18.2 Å². The summed E-state index contributed by atoms with van der Waals surface area (Å²) in [5.41, 5.74) is 2.93. The van der Waals surface area contributed by atoms with Gasteiger partial charge in [-0.25, -0.2) is 0 Å². The van der Waals surface area contributed by atoms with E-state index in [4.69, 9.17) is 14.2 Å². The Balaban J connectivity index is 1.18. The fourth-order valence-electron chi connectivity index (χ4n) is 3.31.